The molecule has 12 heavy (non-hydrogen) atoms. The van der Waals surface area contributed by atoms with Gasteiger partial charge in [-0.05, 0) is 18.0 Å². The van der Waals surface area contributed by atoms with Crippen molar-refractivity contribution in [3.8, 4) is 0 Å². The number of fused-ring (bicyclic) bond motifs is 1. The maximum absolute atomic E-state index is 5.67. The van der Waals surface area contributed by atoms with E-state index in [9.17, 15) is 0 Å². The third-order valence-corrected chi connectivity index (χ3v) is 2.75. The van der Waals surface area contributed by atoms with Gasteiger partial charge in [-0.2, -0.15) is 0 Å². The Hall–Kier alpha value is -0.410. The molecule has 2 nitrogen and oxygen atoms in total. The van der Waals surface area contributed by atoms with Gasteiger partial charge in [-0.15, -0.1) is 0 Å². The van der Waals surface area contributed by atoms with Gasteiger partial charge in [0.2, 0.25) is 5.28 Å². The van der Waals surface area contributed by atoms with Crippen molar-refractivity contribution in [3.63, 3.8) is 0 Å². The lowest BCUT2D eigenvalue weighted by molar-refractivity contribution is 0.899. The molecule has 1 aromatic heterocycles. The van der Waals surface area contributed by atoms with Crippen molar-refractivity contribution in [1.29, 1.82) is 0 Å². The molecular weight excluding hydrogens is 239 g/mol. The maximum Gasteiger partial charge on any atom is 0.222 e. The molecule has 1 aliphatic rings. The summed E-state index contributed by atoms with van der Waals surface area (Å²) < 4.78 is 0. The van der Waals surface area contributed by atoms with Crippen LogP contribution < -0.4 is 0 Å². The Morgan fingerprint density at radius 3 is 3.25 bits per heavy atom. The largest absolute Gasteiger partial charge is 0.226 e. The summed E-state index contributed by atoms with van der Waals surface area (Å²) in [5.41, 5.74) is 2.03. The van der Waals surface area contributed by atoms with Crippen LogP contribution in [0.1, 0.15) is 22.5 Å². The van der Waals surface area contributed by atoms with Gasteiger partial charge in [0, 0.05) is 11.8 Å². The molecule has 1 atom stereocenters. The standard InChI is InChI=1S/C8H6BrClN2/c9-6-3-1-2-5-4-11-8(10)12-7(5)6/h1-2,4,6H,3H2. The minimum Gasteiger partial charge on any atom is -0.226 e. The number of alkyl halides is 1. The average molecular weight is 246 g/mol. The van der Waals surface area contributed by atoms with Gasteiger partial charge in [0.15, 0.2) is 0 Å². The van der Waals surface area contributed by atoms with Crippen LogP contribution in [0.25, 0.3) is 6.08 Å². The van der Waals surface area contributed by atoms with E-state index in [0.717, 1.165) is 17.7 Å². The SMILES string of the molecule is Clc1ncc2c(n1)C(Br)CC=C2. The molecule has 0 N–H and O–H groups in total. The number of rotatable bonds is 0. The summed E-state index contributed by atoms with van der Waals surface area (Å²) in [6.07, 6.45) is 6.82. The molecule has 0 aromatic carbocycles. The van der Waals surface area contributed by atoms with Crippen LogP contribution in [0.5, 0.6) is 0 Å². The molecular formula is C8H6BrClN2. The van der Waals surface area contributed by atoms with Gasteiger partial charge < -0.3 is 0 Å². The van der Waals surface area contributed by atoms with E-state index in [-0.39, 0.29) is 4.83 Å². The van der Waals surface area contributed by atoms with Gasteiger partial charge in [-0.1, -0.05) is 28.1 Å². The Labute approximate surface area is 83.8 Å². The third kappa shape index (κ3) is 1.39. The van der Waals surface area contributed by atoms with Crippen LogP contribution in [0.15, 0.2) is 12.3 Å². The molecule has 0 saturated carbocycles. The summed E-state index contributed by atoms with van der Waals surface area (Å²) in [5.74, 6) is 0. The average Bonchev–Trinajstić information content (AvgIpc) is 2.07. The molecule has 0 bridgehead atoms. The molecule has 1 aromatic rings. The Bertz CT molecular complexity index is 338. The fraction of sp³-hybridized carbons (Fsp3) is 0.250. The summed E-state index contributed by atoms with van der Waals surface area (Å²) in [6.45, 7) is 0. The van der Waals surface area contributed by atoms with Crippen molar-refractivity contribution >= 4 is 33.6 Å². The van der Waals surface area contributed by atoms with E-state index in [1.165, 1.54) is 0 Å². The van der Waals surface area contributed by atoms with Gasteiger partial charge in [0.05, 0.1) is 10.5 Å². The van der Waals surface area contributed by atoms with Crippen LogP contribution in [0.3, 0.4) is 0 Å². The van der Waals surface area contributed by atoms with Gasteiger partial charge >= 0.3 is 0 Å². The first-order valence-electron chi connectivity index (χ1n) is 3.60. The molecule has 0 saturated heterocycles. The second kappa shape index (κ2) is 3.15. The summed E-state index contributed by atoms with van der Waals surface area (Å²) in [6, 6.07) is 0. The Morgan fingerprint density at radius 1 is 1.58 bits per heavy atom. The second-order valence-electron chi connectivity index (χ2n) is 2.59. The van der Waals surface area contributed by atoms with E-state index in [1.807, 2.05) is 6.08 Å². The normalized spacial score (nSPS) is 20.7. The predicted octanol–water partition coefficient (Wildman–Crippen LogP) is 2.98. The van der Waals surface area contributed by atoms with E-state index in [1.54, 1.807) is 6.20 Å². The topological polar surface area (TPSA) is 25.8 Å². The molecule has 0 fully saturated rings. The minimum atomic E-state index is 0.276. The highest BCUT2D eigenvalue weighted by atomic mass is 79.9. The summed E-state index contributed by atoms with van der Waals surface area (Å²) in [4.78, 5) is 8.34. The van der Waals surface area contributed by atoms with Crippen molar-refractivity contribution in [2.45, 2.75) is 11.2 Å². The van der Waals surface area contributed by atoms with Crippen LogP contribution in [-0.4, -0.2) is 9.97 Å². The molecule has 0 radical (unpaired) electrons. The van der Waals surface area contributed by atoms with Gasteiger partial charge in [0.1, 0.15) is 0 Å². The predicted molar refractivity (Wildman–Crippen MR) is 52.4 cm³/mol. The van der Waals surface area contributed by atoms with Crippen molar-refractivity contribution in [2.24, 2.45) is 0 Å². The smallest absolute Gasteiger partial charge is 0.222 e. The Morgan fingerprint density at radius 2 is 2.42 bits per heavy atom. The molecule has 1 heterocycles. The van der Waals surface area contributed by atoms with Gasteiger partial charge in [-0.25, -0.2) is 9.97 Å². The lowest BCUT2D eigenvalue weighted by atomic mass is 10.1. The van der Waals surface area contributed by atoms with Crippen molar-refractivity contribution in [2.75, 3.05) is 0 Å². The molecule has 0 aliphatic heterocycles. The number of hydrogen-bond acceptors (Lipinski definition) is 2. The molecule has 1 aliphatic carbocycles. The third-order valence-electron chi connectivity index (χ3n) is 1.76. The van der Waals surface area contributed by atoms with Crippen molar-refractivity contribution < 1.29 is 0 Å². The first kappa shape index (κ1) is 8.20. The summed E-state index contributed by atoms with van der Waals surface area (Å²) in [5, 5.41) is 0.313. The van der Waals surface area contributed by atoms with Gasteiger partial charge in [0.25, 0.3) is 0 Å². The highest BCUT2D eigenvalue weighted by Crippen LogP contribution is 2.32. The Balaban J connectivity index is 2.56. The zero-order valence-electron chi connectivity index (χ0n) is 6.17. The minimum absolute atomic E-state index is 0.276. The number of halogens is 2. The van der Waals surface area contributed by atoms with E-state index < -0.39 is 0 Å². The maximum atomic E-state index is 5.67. The van der Waals surface area contributed by atoms with Crippen LogP contribution in [0.2, 0.25) is 5.28 Å². The quantitative estimate of drug-likeness (QED) is 0.519. The number of allylic oxidation sites excluding steroid dienone is 1. The van der Waals surface area contributed by atoms with Crippen LogP contribution in [0, 0.1) is 0 Å². The first-order chi connectivity index (χ1) is 5.77. The highest BCUT2D eigenvalue weighted by Gasteiger charge is 2.15. The van der Waals surface area contributed by atoms with E-state index in [0.29, 0.717) is 5.28 Å². The van der Waals surface area contributed by atoms with Crippen molar-refractivity contribution in [1.82, 2.24) is 9.97 Å². The highest BCUT2D eigenvalue weighted by molar-refractivity contribution is 9.09. The molecule has 2 rings (SSSR count). The first-order valence-corrected chi connectivity index (χ1v) is 4.90. The molecule has 0 spiro atoms. The van der Waals surface area contributed by atoms with Crippen LogP contribution in [0.4, 0.5) is 0 Å². The number of aromatic nitrogens is 2. The zero-order valence-corrected chi connectivity index (χ0v) is 8.51. The molecule has 0 amide bonds. The lowest BCUT2D eigenvalue weighted by Crippen LogP contribution is -2.02. The van der Waals surface area contributed by atoms with Gasteiger partial charge in [-0.3, -0.25) is 0 Å². The lowest BCUT2D eigenvalue weighted by Gasteiger charge is -2.13. The summed E-state index contributed by atoms with van der Waals surface area (Å²) >= 11 is 9.20. The molecule has 1 unspecified atom stereocenters. The summed E-state index contributed by atoms with van der Waals surface area (Å²) in [7, 11) is 0. The van der Waals surface area contributed by atoms with Crippen LogP contribution in [-0.2, 0) is 0 Å². The molecule has 62 valence electrons. The molecule has 4 heteroatoms. The fourth-order valence-corrected chi connectivity index (χ4v) is 1.91. The number of hydrogen-bond donors (Lipinski definition) is 0. The number of nitrogens with zero attached hydrogens (tertiary/aromatic N) is 2. The van der Waals surface area contributed by atoms with E-state index in [4.69, 9.17) is 11.6 Å². The second-order valence-corrected chi connectivity index (χ2v) is 4.03. The van der Waals surface area contributed by atoms with E-state index in [2.05, 4.69) is 32.0 Å². The van der Waals surface area contributed by atoms with Crippen LogP contribution >= 0.6 is 27.5 Å². The van der Waals surface area contributed by atoms with E-state index >= 15 is 0 Å². The van der Waals surface area contributed by atoms with Crippen molar-refractivity contribution in [3.05, 3.63) is 28.8 Å². The fourth-order valence-electron chi connectivity index (χ4n) is 1.19. The Kier molecular flexibility index (Phi) is 2.15. The monoisotopic (exact) mass is 244 g/mol. The zero-order chi connectivity index (χ0) is 8.55.